The summed E-state index contributed by atoms with van der Waals surface area (Å²) in [6.07, 6.45) is 1.45. The molecule has 2 aromatic rings. The molecular formula is C17H19FN4O3. The van der Waals surface area contributed by atoms with Gasteiger partial charge in [0.1, 0.15) is 17.8 Å². The summed E-state index contributed by atoms with van der Waals surface area (Å²) >= 11 is 0. The number of hydrogen-bond acceptors (Lipinski definition) is 5. The molecule has 0 saturated carbocycles. The van der Waals surface area contributed by atoms with E-state index in [-0.39, 0.29) is 30.6 Å². The molecule has 132 valence electrons. The number of rotatable bonds is 6. The predicted molar refractivity (Wildman–Crippen MR) is 86.6 cm³/mol. The fraction of sp³-hybridized carbons (Fsp3) is 0.353. The molecule has 8 heteroatoms. The number of carbonyl (C=O) groups excluding carboxylic acids is 2. The van der Waals surface area contributed by atoms with Crippen molar-refractivity contribution in [2.75, 3.05) is 13.1 Å². The Labute approximate surface area is 144 Å². The SMILES string of the molecule is O=C(C[C@@H]1C(=O)NCCN1Cc1cccc(F)c1)NCc1ccon1. The van der Waals surface area contributed by atoms with Crippen LogP contribution >= 0.6 is 0 Å². The van der Waals surface area contributed by atoms with Crippen LogP contribution in [0.3, 0.4) is 0 Å². The summed E-state index contributed by atoms with van der Waals surface area (Å²) in [5.74, 6) is -0.769. The molecule has 7 nitrogen and oxygen atoms in total. The first kappa shape index (κ1) is 17.1. The van der Waals surface area contributed by atoms with Crippen molar-refractivity contribution >= 4 is 11.8 Å². The molecule has 2 heterocycles. The number of piperazine rings is 1. The molecule has 0 spiro atoms. The third-order valence-corrected chi connectivity index (χ3v) is 4.05. The van der Waals surface area contributed by atoms with Gasteiger partial charge in [0, 0.05) is 25.7 Å². The summed E-state index contributed by atoms with van der Waals surface area (Å²) in [7, 11) is 0. The average Bonchev–Trinajstić information content (AvgIpc) is 3.10. The molecule has 1 atom stereocenters. The van der Waals surface area contributed by atoms with Crippen LogP contribution in [0.1, 0.15) is 17.7 Å². The van der Waals surface area contributed by atoms with E-state index >= 15 is 0 Å². The van der Waals surface area contributed by atoms with E-state index in [4.69, 9.17) is 4.52 Å². The number of aromatic nitrogens is 1. The first-order valence-electron chi connectivity index (χ1n) is 8.04. The summed E-state index contributed by atoms with van der Waals surface area (Å²) in [5.41, 5.74) is 1.38. The van der Waals surface area contributed by atoms with E-state index in [0.717, 1.165) is 5.56 Å². The predicted octanol–water partition coefficient (Wildman–Crippen LogP) is 0.821. The van der Waals surface area contributed by atoms with E-state index in [0.29, 0.717) is 25.3 Å². The largest absolute Gasteiger partial charge is 0.364 e. The third-order valence-electron chi connectivity index (χ3n) is 4.05. The minimum absolute atomic E-state index is 0.0268. The molecule has 0 unspecified atom stereocenters. The highest BCUT2D eigenvalue weighted by Gasteiger charge is 2.31. The van der Waals surface area contributed by atoms with Gasteiger partial charge in [0.15, 0.2) is 0 Å². The number of halogens is 1. The zero-order valence-corrected chi connectivity index (χ0v) is 13.6. The van der Waals surface area contributed by atoms with Crippen molar-refractivity contribution in [2.24, 2.45) is 0 Å². The van der Waals surface area contributed by atoms with E-state index in [1.54, 1.807) is 18.2 Å². The lowest BCUT2D eigenvalue weighted by Gasteiger charge is -2.34. The summed E-state index contributed by atoms with van der Waals surface area (Å²) in [4.78, 5) is 26.3. The molecular weight excluding hydrogens is 327 g/mol. The van der Waals surface area contributed by atoms with Crippen LogP contribution < -0.4 is 10.6 Å². The monoisotopic (exact) mass is 346 g/mol. The van der Waals surface area contributed by atoms with Gasteiger partial charge in [-0.15, -0.1) is 0 Å². The maximum absolute atomic E-state index is 13.4. The number of carbonyl (C=O) groups is 2. The first-order valence-corrected chi connectivity index (χ1v) is 8.04. The van der Waals surface area contributed by atoms with Gasteiger partial charge in [0.05, 0.1) is 19.0 Å². The molecule has 2 amide bonds. The van der Waals surface area contributed by atoms with Crippen LogP contribution in [0, 0.1) is 5.82 Å². The molecule has 1 fully saturated rings. The molecule has 0 radical (unpaired) electrons. The normalized spacial score (nSPS) is 18.0. The maximum Gasteiger partial charge on any atom is 0.237 e. The first-order chi connectivity index (χ1) is 12.1. The van der Waals surface area contributed by atoms with Crippen LogP contribution in [0.15, 0.2) is 41.1 Å². The number of hydrogen-bond donors (Lipinski definition) is 2. The van der Waals surface area contributed by atoms with Crippen molar-refractivity contribution in [2.45, 2.75) is 25.6 Å². The van der Waals surface area contributed by atoms with Gasteiger partial charge in [0.25, 0.3) is 0 Å². The molecule has 1 aromatic heterocycles. The Morgan fingerprint density at radius 1 is 1.44 bits per heavy atom. The molecule has 1 aliphatic rings. The summed E-state index contributed by atoms with van der Waals surface area (Å²) in [6.45, 7) is 1.76. The van der Waals surface area contributed by atoms with Crippen LogP contribution in [0.4, 0.5) is 4.39 Å². The highest BCUT2D eigenvalue weighted by Crippen LogP contribution is 2.15. The highest BCUT2D eigenvalue weighted by atomic mass is 19.1. The van der Waals surface area contributed by atoms with Gasteiger partial charge in [-0.25, -0.2) is 4.39 Å². The zero-order chi connectivity index (χ0) is 17.6. The number of benzene rings is 1. The quantitative estimate of drug-likeness (QED) is 0.809. The van der Waals surface area contributed by atoms with Crippen molar-refractivity contribution in [1.29, 1.82) is 0 Å². The molecule has 1 aliphatic heterocycles. The van der Waals surface area contributed by atoms with Gasteiger partial charge in [-0.05, 0) is 17.7 Å². The lowest BCUT2D eigenvalue weighted by molar-refractivity contribution is -0.134. The molecule has 0 bridgehead atoms. The second kappa shape index (κ2) is 7.89. The molecule has 0 aliphatic carbocycles. The summed E-state index contributed by atoms with van der Waals surface area (Å²) < 4.78 is 18.1. The Hall–Kier alpha value is -2.74. The topological polar surface area (TPSA) is 87.5 Å². The summed E-state index contributed by atoms with van der Waals surface area (Å²) in [5, 5.41) is 9.20. The van der Waals surface area contributed by atoms with E-state index < -0.39 is 6.04 Å². The van der Waals surface area contributed by atoms with Crippen LogP contribution in [0.2, 0.25) is 0 Å². The Bertz CT molecular complexity index is 735. The lowest BCUT2D eigenvalue weighted by atomic mass is 10.1. The zero-order valence-electron chi connectivity index (χ0n) is 13.6. The minimum Gasteiger partial charge on any atom is -0.364 e. The average molecular weight is 346 g/mol. The van der Waals surface area contributed by atoms with Gasteiger partial charge < -0.3 is 15.2 Å². The van der Waals surface area contributed by atoms with Gasteiger partial charge >= 0.3 is 0 Å². The number of nitrogens with one attached hydrogen (secondary N) is 2. The van der Waals surface area contributed by atoms with Gasteiger partial charge in [-0.3, -0.25) is 14.5 Å². The molecule has 25 heavy (non-hydrogen) atoms. The van der Waals surface area contributed by atoms with Gasteiger partial charge in [-0.1, -0.05) is 17.3 Å². The van der Waals surface area contributed by atoms with Crippen LogP contribution in [-0.2, 0) is 22.7 Å². The molecule has 1 saturated heterocycles. The molecule has 3 rings (SSSR count). The Kier molecular flexibility index (Phi) is 5.39. The standard InChI is InChI=1S/C17H19FN4O3/c18-13-3-1-2-12(8-13)11-22-6-5-19-17(24)15(22)9-16(23)20-10-14-4-7-25-21-14/h1-4,7-8,15H,5-6,9-11H2,(H,19,24)(H,20,23)/t15-/m1/s1. The third kappa shape index (κ3) is 4.63. The Morgan fingerprint density at radius 3 is 3.08 bits per heavy atom. The van der Waals surface area contributed by atoms with E-state index in [2.05, 4.69) is 15.8 Å². The smallest absolute Gasteiger partial charge is 0.237 e. The van der Waals surface area contributed by atoms with Crippen molar-refractivity contribution in [3.8, 4) is 0 Å². The van der Waals surface area contributed by atoms with Crippen molar-refractivity contribution < 1.29 is 18.5 Å². The second-order valence-electron chi connectivity index (χ2n) is 5.88. The van der Waals surface area contributed by atoms with Crippen molar-refractivity contribution in [3.05, 3.63) is 53.7 Å². The lowest BCUT2D eigenvalue weighted by Crippen LogP contribution is -2.56. The summed E-state index contributed by atoms with van der Waals surface area (Å²) in [6, 6.07) is 7.32. The van der Waals surface area contributed by atoms with Crippen molar-refractivity contribution in [1.82, 2.24) is 20.7 Å². The van der Waals surface area contributed by atoms with Crippen LogP contribution in [-0.4, -0.2) is 41.0 Å². The Morgan fingerprint density at radius 2 is 2.32 bits per heavy atom. The highest BCUT2D eigenvalue weighted by molar-refractivity contribution is 5.88. The van der Waals surface area contributed by atoms with Gasteiger partial charge in [-0.2, -0.15) is 0 Å². The van der Waals surface area contributed by atoms with Gasteiger partial charge in [0.2, 0.25) is 11.8 Å². The fourth-order valence-corrected chi connectivity index (χ4v) is 2.81. The van der Waals surface area contributed by atoms with Crippen LogP contribution in [0.25, 0.3) is 0 Å². The minimum atomic E-state index is -0.589. The van der Waals surface area contributed by atoms with Crippen LogP contribution in [0.5, 0.6) is 0 Å². The maximum atomic E-state index is 13.4. The van der Waals surface area contributed by atoms with E-state index in [9.17, 15) is 14.0 Å². The van der Waals surface area contributed by atoms with E-state index in [1.807, 2.05) is 4.90 Å². The number of amides is 2. The number of nitrogens with zero attached hydrogens (tertiary/aromatic N) is 2. The second-order valence-corrected chi connectivity index (χ2v) is 5.88. The molecule has 1 aromatic carbocycles. The van der Waals surface area contributed by atoms with E-state index in [1.165, 1.54) is 18.4 Å². The molecule has 2 N–H and O–H groups in total. The Balaban J connectivity index is 1.61. The fourth-order valence-electron chi connectivity index (χ4n) is 2.81. The van der Waals surface area contributed by atoms with Crippen molar-refractivity contribution in [3.63, 3.8) is 0 Å².